The lowest BCUT2D eigenvalue weighted by atomic mass is 10.1. The van der Waals surface area contributed by atoms with E-state index >= 15 is 0 Å². The fourth-order valence-electron chi connectivity index (χ4n) is 2.87. The Bertz CT molecular complexity index is 1130. The third-order valence-electron chi connectivity index (χ3n) is 4.63. The minimum atomic E-state index is -1.10. The molecule has 1 atom stereocenters. The van der Waals surface area contributed by atoms with Crippen LogP contribution >= 0.6 is 0 Å². The van der Waals surface area contributed by atoms with E-state index in [-0.39, 0.29) is 18.2 Å². The molecule has 0 heterocycles. The summed E-state index contributed by atoms with van der Waals surface area (Å²) in [5.74, 6) is -1.71. The number of Topliss-reactive ketones (excluding diaryl/α,β-unsaturated/α-hetero) is 1. The Morgan fingerprint density at radius 3 is 1.97 bits per heavy atom. The summed E-state index contributed by atoms with van der Waals surface area (Å²) >= 11 is 0. The third-order valence-corrected chi connectivity index (χ3v) is 4.63. The fourth-order valence-corrected chi connectivity index (χ4v) is 2.87. The third kappa shape index (κ3) is 8.46. The Labute approximate surface area is 197 Å². The Kier molecular flexibility index (Phi) is 9.33. The molecule has 0 spiro atoms. The largest absolute Gasteiger partial charge is 0.480 e. The van der Waals surface area contributed by atoms with Crippen LogP contribution in [0.2, 0.25) is 0 Å². The normalized spacial score (nSPS) is 10.7. The summed E-state index contributed by atoms with van der Waals surface area (Å²) in [6.07, 6.45) is 0.200. The smallest absolute Gasteiger partial charge is 0.326 e. The molecule has 0 unspecified atom stereocenters. The number of aliphatic carboxylic acids is 1. The Balaban J connectivity index is 0.000000340. The molecule has 3 aromatic rings. The van der Waals surface area contributed by atoms with E-state index < -0.39 is 17.9 Å². The van der Waals surface area contributed by atoms with Crippen LogP contribution in [0.5, 0.6) is 0 Å². The molecular formula is C25H27N5O4. The average Bonchev–Trinajstić information content (AvgIpc) is 2.80. The van der Waals surface area contributed by atoms with Crippen LogP contribution in [0.1, 0.15) is 33.2 Å². The van der Waals surface area contributed by atoms with Crippen LogP contribution in [-0.2, 0) is 11.2 Å². The number of rotatable bonds is 7. The van der Waals surface area contributed by atoms with Gasteiger partial charge < -0.3 is 27.2 Å². The molecule has 0 bridgehead atoms. The van der Waals surface area contributed by atoms with Crippen LogP contribution in [0.15, 0.2) is 78.9 Å². The lowest BCUT2D eigenvalue weighted by Crippen LogP contribution is -2.42. The van der Waals surface area contributed by atoms with Crippen LogP contribution in [0.3, 0.4) is 0 Å². The van der Waals surface area contributed by atoms with Gasteiger partial charge in [-0.05, 0) is 61.0 Å². The minimum absolute atomic E-state index is 0.0694. The van der Waals surface area contributed by atoms with E-state index in [1.165, 1.54) is 19.1 Å². The zero-order chi connectivity index (χ0) is 25.1. The first-order valence-corrected chi connectivity index (χ1v) is 10.3. The second-order valence-electron chi connectivity index (χ2n) is 7.35. The highest BCUT2D eigenvalue weighted by molar-refractivity contribution is 5.97. The Morgan fingerprint density at radius 2 is 1.47 bits per heavy atom. The number of anilines is 2. The van der Waals surface area contributed by atoms with Crippen molar-refractivity contribution in [2.24, 2.45) is 5.73 Å². The minimum Gasteiger partial charge on any atom is -0.480 e. The van der Waals surface area contributed by atoms with Crippen molar-refractivity contribution >= 4 is 35.0 Å². The van der Waals surface area contributed by atoms with Gasteiger partial charge in [-0.3, -0.25) is 15.0 Å². The maximum Gasteiger partial charge on any atom is 0.326 e. The van der Waals surface area contributed by atoms with Crippen molar-refractivity contribution in [1.82, 2.24) is 5.32 Å². The molecule has 8 N–H and O–H groups in total. The van der Waals surface area contributed by atoms with E-state index in [1.54, 1.807) is 36.4 Å². The molecule has 0 aliphatic heterocycles. The summed E-state index contributed by atoms with van der Waals surface area (Å²) in [5.41, 5.74) is 13.7. The van der Waals surface area contributed by atoms with Gasteiger partial charge in [0.1, 0.15) is 6.04 Å². The molecule has 1 amide bonds. The number of guanidine groups is 1. The lowest BCUT2D eigenvalue weighted by Gasteiger charge is -2.15. The lowest BCUT2D eigenvalue weighted by molar-refractivity contribution is -0.139. The van der Waals surface area contributed by atoms with E-state index in [4.69, 9.17) is 16.9 Å². The fraction of sp³-hybridized carbons (Fsp3) is 0.120. The Hall–Kier alpha value is -4.66. The number of carboxylic acids is 1. The van der Waals surface area contributed by atoms with Crippen LogP contribution in [0.25, 0.3) is 0 Å². The van der Waals surface area contributed by atoms with Gasteiger partial charge in [-0.15, -0.1) is 0 Å². The quantitative estimate of drug-likeness (QED) is 0.136. The summed E-state index contributed by atoms with van der Waals surface area (Å²) in [6, 6.07) is 21.2. The molecule has 0 saturated heterocycles. The van der Waals surface area contributed by atoms with Gasteiger partial charge >= 0.3 is 5.97 Å². The number of benzene rings is 3. The van der Waals surface area contributed by atoms with Gasteiger partial charge in [-0.1, -0.05) is 30.3 Å². The summed E-state index contributed by atoms with van der Waals surface area (Å²) in [7, 11) is 0. The van der Waals surface area contributed by atoms with Gasteiger partial charge in [0, 0.05) is 28.9 Å². The van der Waals surface area contributed by atoms with Crippen LogP contribution in [0.4, 0.5) is 11.4 Å². The maximum absolute atomic E-state index is 12.2. The highest BCUT2D eigenvalue weighted by Gasteiger charge is 2.21. The first-order valence-electron chi connectivity index (χ1n) is 10.3. The highest BCUT2D eigenvalue weighted by Crippen LogP contribution is 2.10. The predicted molar refractivity (Wildman–Crippen MR) is 132 cm³/mol. The summed E-state index contributed by atoms with van der Waals surface area (Å²) < 4.78 is 0. The number of amides is 1. The zero-order valence-corrected chi connectivity index (χ0v) is 18.6. The van der Waals surface area contributed by atoms with Gasteiger partial charge in [0.15, 0.2) is 11.7 Å². The van der Waals surface area contributed by atoms with Crippen molar-refractivity contribution in [2.45, 2.75) is 19.4 Å². The highest BCUT2D eigenvalue weighted by atomic mass is 16.4. The van der Waals surface area contributed by atoms with Gasteiger partial charge in [-0.2, -0.15) is 0 Å². The number of nitrogens with one attached hydrogen (secondary N) is 3. The molecule has 9 heteroatoms. The van der Waals surface area contributed by atoms with Crippen molar-refractivity contribution in [2.75, 3.05) is 11.1 Å². The van der Waals surface area contributed by atoms with Crippen LogP contribution in [0, 0.1) is 5.41 Å². The predicted octanol–water partition coefficient (Wildman–Crippen LogP) is 2.89. The zero-order valence-electron chi connectivity index (χ0n) is 18.6. The van der Waals surface area contributed by atoms with Crippen molar-refractivity contribution in [1.29, 1.82) is 5.41 Å². The summed E-state index contributed by atoms with van der Waals surface area (Å²) in [6.45, 7) is 1.53. The first kappa shape index (κ1) is 25.6. The van der Waals surface area contributed by atoms with E-state index in [2.05, 4.69) is 10.6 Å². The number of hydrogen-bond acceptors (Lipinski definition) is 5. The number of nitrogen functional groups attached to an aromatic ring is 1. The number of carboxylic acid groups (broad SMARTS) is 1. The monoisotopic (exact) mass is 461 g/mol. The van der Waals surface area contributed by atoms with Crippen LogP contribution in [-0.4, -0.2) is 34.8 Å². The maximum atomic E-state index is 12.2. The molecule has 176 valence electrons. The van der Waals surface area contributed by atoms with E-state index in [0.29, 0.717) is 22.5 Å². The molecule has 0 aliphatic carbocycles. The number of carbonyl (C=O) groups excluding carboxylic acids is 2. The molecule has 0 aromatic heterocycles. The van der Waals surface area contributed by atoms with Gasteiger partial charge in [0.05, 0.1) is 0 Å². The standard InChI is InChI=1S/C17H18N4O3.C8H9NO/c18-17(19)20-13-8-6-12(7-9-13)15(22)21-14(16(23)24)10-11-4-2-1-3-5-11;1-6(10)7-2-4-8(9)5-3-7/h1-9,14H,10H2,(H,21,22)(H,23,24)(H4,18,19,20);2-5H,9H2,1H3/t14-;/m0./s1. The average molecular weight is 462 g/mol. The molecular weight excluding hydrogens is 434 g/mol. The van der Waals surface area contributed by atoms with Crippen molar-refractivity contribution in [3.63, 3.8) is 0 Å². The molecule has 0 aliphatic rings. The number of hydrogen-bond donors (Lipinski definition) is 6. The van der Waals surface area contributed by atoms with E-state index in [9.17, 15) is 19.5 Å². The van der Waals surface area contributed by atoms with Gasteiger partial charge in [0.2, 0.25) is 0 Å². The van der Waals surface area contributed by atoms with Crippen molar-refractivity contribution in [3.05, 3.63) is 95.6 Å². The number of carbonyl (C=O) groups is 3. The second-order valence-corrected chi connectivity index (χ2v) is 7.35. The van der Waals surface area contributed by atoms with E-state index in [0.717, 1.165) is 5.56 Å². The van der Waals surface area contributed by atoms with Crippen molar-refractivity contribution in [3.8, 4) is 0 Å². The van der Waals surface area contributed by atoms with Crippen molar-refractivity contribution < 1.29 is 19.5 Å². The number of nitrogens with two attached hydrogens (primary N) is 2. The first-order chi connectivity index (χ1) is 16.2. The summed E-state index contributed by atoms with van der Waals surface area (Å²) in [5, 5.41) is 21.6. The number of ketones is 1. The molecule has 0 saturated carbocycles. The van der Waals surface area contributed by atoms with Gasteiger partial charge in [-0.25, -0.2) is 4.79 Å². The second kappa shape index (κ2) is 12.4. The van der Waals surface area contributed by atoms with Gasteiger partial charge in [0.25, 0.3) is 5.91 Å². The topological polar surface area (TPSA) is 171 Å². The molecule has 3 rings (SSSR count). The SMILES string of the molecule is CC(=O)c1ccc(N)cc1.N=C(N)Nc1ccc(C(=O)N[C@@H](Cc2ccccc2)C(=O)O)cc1. The molecule has 0 radical (unpaired) electrons. The molecule has 34 heavy (non-hydrogen) atoms. The molecule has 9 nitrogen and oxygen atoms in total. The summed E-state index contributed by atoms with van der Waals surface area (Å²) in [4.78, 5) is 34.3. The molecule has 3 aromatic carbocycles. The molecule has 0 fully saturated rings. The van der Waals surface area contributed by atoms with E-state index in [1.807, 2.05) is 30.3 Å². The Morgan fingerprint density at radius 1 is 0.912 bits per heavy atom. The van der Waals surface area contributed by atoms with Crippen LogP contribution < -0.4 is 22.1 Å².